The number of esters is 1. The number of imidazole rings is 1. The number of carbonyl (C=O) groups excluding carboxylic acids is 1. The van der Waals surface area contributed by atoms with Gasteiger partial charge in [0.15, 0.2) is 23.5 Å². The molecule has 3 heterocycles. The number of aliphatic hydroxyl groups excluding tert-OH is 1. The number of nitrogens with zero attached hydrogens (tertiary/aromatic N) is 7. The summed E-state index contributed by atoms with van der Waals surface area (Å²) >= 11 is 0. The number of carboxylic acids is 1. The van der Waals surface area contributed by atoms with Crippen molar-refractivity contribution in [2.75, 3.05) is 25.6 Å². The Balaban J connectivity index is 1.66. The summed E-state index contributed by atoms with van der Waals surface area (Å²) in [6.07, 6.45) is -4.67. The normalized spacial score (nSPS) is 23.6. The summed E-state index contributed by atoms with van der Waals surface area (Å²) in [6, 6.07) is 6.39. The number of carbonyl (C=O) groups is 2. The van der Waals surface area contributed by atoms with Crippen molar-refractivity contribution in [3.8, 4) is 5.88 Å². The second kappa shape index (κ2) is 14.4. The third-order valence-electron chi connectivity index (χ3n) is 6.93. The number of aromatic nitrogens is 4. The number of nitrogen functional groups attached to an aromatic ring is 1. The lowest BCUT2D eigenvalue weighted by Gasteiger charge is -2.28. The van der Waals surface area contributed by atoms with Crippen molar-refractivity contribution in [1.29, 1.82) is 0 Å². The van der Waals surface area contributed by atoms with Crippen LogP contribution in [0, 0.1) is 0 Å². The first kappa shape index (κ1) is 34.5. The zero-order chi connectivity index (χ0) is 33.6. The van der Waals surface area contributed by atoms with Gasteiger partial charge in [-0.3, -0.25) is 18.4 Å². The van der Waals surface area contributed by atoms with E-state index in [2.05, 4.69) is 30.1 Å². The molecule has 0 saturated carbocycles. The molecule has 0 aliphatic carbocycles. The van der Waals surface area contributed by atoms with E-state index < -0.39 is 62.4 Å². The molecule has 1 saturated heterocycles. The van der Waals surface area contributed by atoms with Crippen LogP contribution in [0.15, 0.2) is 41.8 Å². The molecule has 0 bridgehead atoms. The van der Waals surface area contributed by atoms with Gasteiger partial charge in [0, 0.05) is 4.91 Å². The maximum Gasteiger partial charge on any atom is 0.407 e. The summed E-state index contributed by atoms with van der Waals surface area (Å²) in [4.78, 5) is 40.0. The molecule has 7 atom stereocenters. The van der Waals surface area contributed by atoms with E-state index in [4.69, 9.17) is 29.0 Å². The highest BCUT2D eigenvalue weighted by Crippen LogP contribution is 2.51. The Bertz CT molecular complexity index is 1650. The minimum atomic E-state index is -4.70. The monoisotopic (exact) mass is 663 g/mol. The van der Waals surface area contributed by atoms with Gasteiger partial charge in [-0.1, -0.05) is 35.4 Å². The van der Waals surface area contributed by atoms with Crippen molar-refractivity contribution >= 4 is 36.8 Å². The van der Waals surface area contributed by atoms with Crippen molar-refractivity contribution in [3.05, 3.63) is 52.7 Å². The van der Waals surface area contributed by atoms with E-state index in [0.717, 1.165) is 0 Å². The molecule has 3 aromatic rings. The van der Waals surface area contributed by atoms with E-state index in [9.17, 15) is 29.9 Å². The topological polar surface area (TPSA) is 268 Å². The van der Waals surface area contributed by atoms with E-state index in [1.165, 1.54) is 36.9 Å². The number of hydrogen-bond donors (Lipinski definition) is 4. The van der Waals surface area contributed by atoms with Gasteiger partial charge in [-0.15, -0.1) is 0 Å². The molecule has 20 heteroatoms. The van der Waals surface area contributed by atoms with E-state index in [-0.39, 0.29) is 41.8 Å². The molecule has 0 radical (unpaired) electrons. The van der Waals surface area contributed by atoms with Gasteiger partial charge in [0.25, 0.3) is 0 Å². The number of fused-ring (bicyclic) bond motifs is 1. The molecule has 0 spiro atoms. The minimum Gasteiger partial charge on any atom is -0.479 e. The molecule has 5 N–H and O–H groups in total. The summed E-state index contributed by atoms with van der Waals surface area (Å²) in [5, 5.41) is 27.5. The third kappa shape index (κ3) is 7.21. The number of nitrogens with two attached hydrogens (primary N) is 1. The lowest BCUT2D eigenvalue weighted by atomic mass is 9.93. The molecule has 19 nitrogen and oxygen atoms in total. The zero-order valence-corrected chi connectivity index (χ0v) is 26.2. The van der Waals surface area contributed by atoms with Gasteiger partial charge in [0.05, 0.1) is 32.3 Å². The molecule has 4 rings (SSSR count). The van der Waals surface area contributed by atoms with Gasteiger partial charge < -0.3 is 30.2 Å². The van der Waals surface area contributed by atoms with Crippen LogP contribution in [0.1, 0.15) is 45.6 Å². The lowest BCUT2D eigenvalue weighted by Crippen LogP contribution is -2.43. The fraction of sp³-hybridized carbons (Fsp3) is 0.500. The molecule has 1 fully saturated rings. The van der Waals surface area contributed by atoms with Gasteiger partial charge in [-0.05, 0) is 38.8 Å². The number of benzene rings is 1. The molecule has 3 unspecified atom stereocenters. The fourth-order valence-corrected chi connectivity index (χ4v) is 6.35. The molecule has 248 valence electrons. The summed E-state index contributed by atoms with van der Waals surface area (Å²) in [5.41, 5.74) is 14.0. The van der Waals surface area contributed by atoms with E-state index in [0.29, 0.717) is 0 Å². The number of aliphatic carboxylic acids is 1. The maximum absolute atomic E-state index is 14.1. The third-order valence-corrected chi connectivity index (χ3v) is 8.61. The highest BCUT2D eigenvalue weighted by Gasteiger charge is 2.55. The van der Waals surface area contributed by atoms with Crippen molar-refractivity contribution < 1.29 is 47.6 Å². The number of hydrogen-bond acceptors (Lipinski definition) is 14. The van der Waals surface area contributed by atoms with Gasteiger partial charge in [0.1, 0.15) is 17.7 Å². The number of aliphatic hydroxyl groups is 1. The summed E-state index contributed by atoms with van der Waals surface area (Å²) < 4.78 is 43.1. The number of carboxylic acid groups (broad SMARTS) is 1. The predicted octanol–water partition coefficient (Wildman–Crippen LogP) is 2.64. The Labute approximate surface area is 262 Å². The van der Waals surface area contributed by atoms with Crippen molar-refractivity contribution in [2.24, 2.45) is 5.11 Å². The number of azide groups is 1. The number of rotatable bonds is 15. The molecule has 1 aromatic carbocycles. The fourth-order valence-electron chi connectivity index (χ4n) is 4.74. The lowest BCUT2D eigenvalue weighted by molar-refractivity contribution is -0.146. The van der Waals surface area contributed by atoms with Crippen LogP contribution in [0.5, 0.6) is 5.88 Å². The Hall–Kier alpha value is -4.35. The average molecular weight is 664 g/mol. The van der Waals surface area contributed by atoms with Crippen LogP contribution in [-0.4, -0.2) is 85.3 Å². The van der Waals surface area contributed by atoms with Gasteiger partial charge in [0.2, 0.25) is 11.8 Å². The largest absolute Gasteiger partial charge is 0.479 e. The molecular weight excluding hydrogens is 629 g/mol. The average Bonchev–Trinajstić information content (AvgIpc) is 3.53. The Morgan fingerprint density at radius 3 is 2.63 bits per heavy atom. The van der Waals surface area contributed by atoms with Gasteiger partial charge >= 0.3 is 19.7 Å². The van der Waals surface area contributed by atoms with Crippen LogP contribution in [0.4, 0.5) is 5.95 Å². The van der Waals surface area contributed by atoms with Crippen LogP contribution in [-0.2, 0) is 32.7 Å². The van der Waals surface area contributed by atoms with Crippen LogP contribution in [0.3, 0.4) is 0 Å². The van der Waals surface area contributed by atoms with E-state index in [1.807, 2.05) is 0 Å². The molecule has 1 aliphatic rings. The van der Waals surface area contributed by atoms with Crippen molar-refractivity contribution in [1.82, 2.24) is 24.6 Å². The van der Waals surface area contributed by atoms with Gasteiger partial charge in [-0.2, -0.15) is 9.97 Å². The number of ether oxygens (including phenoxy) is 3. The van der Waals surface area contributed by atoms with Crippen LogP contribution in [0.2, 0.25) is 0 Å². The molecular formula is C26H34N9O10P. The SMILES string of the molecule is CCOC(=O)[C@H](C)NP(=O)(OC[C@H]1OC(n2cnc3c(OCC)nc(N)nc32)[C@](C)(N=[N+]=[N-])[C@@H]1O)OC(C(=O)O)c1ccccc1. The standard InChI is InChI=1S/C26H34N9O10P/c1-5-41-21-17-20(30-25(27)31-21)35(13-29-17)24-26(4,33-34-28)19(36)16(44-24)12-43-46(40,32-14(3)23(39)42-6-2)45-18(22(37)38)15-10-8-7-9-11-15/h7-11,13-14,16,18-19,24,36H,5-6,12H2,1-4H3,(H,32,40)(H,37,38)(H2,27,30,31)/t14-,16+,18?,19+,24?,26+,46?/m0/s1. The second-order valence-electron chi connectivity index (χ2n) is 10.2. The van der Waals surface area contributed by atoms with Crippen LogP contribution >= 0.6 is 7.75 Å². The summed E-state index contributed by atoms with van der Waals surface area (Å²) in [7, 11) is -4.70. The quantitative estimate of drug-likeness (QED) is 0.0598. The smallest absolute Gasteiger partial charge is 0.407 e. The molecule has 2 aromatic heterocycles. The van der Waals surface area contributed by atoms with E-state index in [1.54, 1.807) is 32.0 Å². The maximum atomic E-state index is 14.1. The van der Waals surface area contributed by atoms with E-state index >= 15 is 0 Å². The Morgan fingerprint density at radius 1 is 1.28 bits per heavy atom. The molecule has 1 aliphatic heterocycles. The summed E-state index contributed by atoms with van der Waals surface area (Å²) in [5.74, 6) is -2.35. The highest BCUT2D eigenvalue weighted by atomic mass is 31.2. The molecule has 0 amide bonds. The van der Waals surface area contributed by atoms with Gasteiger partial charge in [-0.25, -0.2) is 19.4 Å². The first-order valence-electron chi connectivity index (χ1n) is 14.0. The first-order chi connectivity index (χ1) is 21.9. The Kier molecular flexibility index (Phi) is 10.8. The Morgan fingerprint density at radius 2 is 2.00 bits per heavy atom. The predicted molar refractivity (Wildman–Crippen MR) is 159 cm³/mol. The number of anilines is 1. The van der Waals surface area contributed by atoms with Crippen molar-refractivity contribution in [3.63, 3.8) is 0 Å². The van der Waals surface area contributed by atoms with Crippen LogP contribution < -0.4 is 15.6 Å². The highest BCUT2D eigenvalue weighted by molar-refractivity contribution is 7.51. The zero-order valence-electron chi connectivity index (χ0n) is 25.3. The molecule has 46 heavy (non-hydrogen) atoms. The first-order valence-corrected chi connectivity index (χ1v) is 15.6. The number of nitrogens with one attached hydrogen (secondary N) is 1. The van der Waals surface area contributed by atoms with Crippen molar-refractivity contribution in [2.45, 2.75) is 63.8 Å². The summed E-state index contributed by atoms with van der Waals surface area (Å²) in [6.45, 7) is 5.63. The minimum absolute atomic E-state index is 0.0195. The van der Waals surface area contributed by atoms with Crippen LogP contribution in [0.25, 0.3) is 21.6 Å². The second-order valence-corrected chi connectivity index (χ2v) is 11.9.